The fourth-order valence-corrected chi connectivity index (χ4v) is 0. The van der Waals surface area contributed by atoms with Crippen LogP contribution in [0.2, 0.25) is 0 Å². The number of hydrogen-bond acceptors (Lipinski definition) is 0. The summed E-state index contributed by atoms with van der Waals surface area (Å²) in [5.74, 6) is 0. The molecule has 8 heavy (non-hydrogen) atoms. The Kier molecular flexibility index (Phi) is 1.65. The molecule has 0 aromatic carbocycles. The first-order valence-electron chi connectivity index (χ1n) is 1.44. The largest absolute Gasteiger partial charge is 0.447 e. The van der Waals surface area contributed by atoms with E-state index in [0.717, 1.165) is 0 Å². The van der Waals surface area contributed by atoms with Gasteiger partial charge in [0.25, 0.3) is 0 Å². The van der Waals surface area contributed by atoms with Crippen LogP contribution in [-0.2, 0) is 0 Å². The quantitative estimate of drug-likeness (QED) is 0.358. The Bertz CT molecular complexity index is 65.4. The fraction of sp³-hybridized carbons (Fsp3) is 1.00. The van der Waals surface area contributed by atoms with Crippen molar-refractivity contribution in [3.63, 3.8) is 0 Å². The molecule has 0 fully saturated rings. The second kappa shape index (κ2) is 1.68. The van der Waals surface area contributed by atoms with Gasteiger partial charge in [0.05, 0.1) is 0 Å². The van der Waals surface area contributed by atoms with Gasteiger partial charge in [-0.15, -0.1) is 0 Å². The van der Waals surface area contributed by atoms with Gasteiger partial charge in [0, 0.05) is 0 Å². The molecule has 0 aliphatic heterocycles. The minimum absolute atomic E-state index is 1.19. The maximum atomic E-state index is 11.0. The van der Waals surface area contributed by atoms with Crippen molar-refractivity contribution in [1.29, 1.82) is 0 Å². The van der Waals surface area contributed by atoms with Crippen LogP contribution in [0.1, 0.15) is 0 Å². The van der Waals surface area contributed by atoms with Gasteiger partial charge in [-0.25, -0.2) is 8.78 Å². The monoisotopic (exact) mass is 147 g/mol. The summed E-state index contributed by atoms with van der Waals surface area (Å²) in [7, 11) is 1.19. The normalized spacial score (nSPS) is 14.2. The second-order valence-corrected chi connectivity index (χ2v) is 1.70. The lowest BCUT2D eigenvalue weighted by Gasteiger charge is -2.12. The van der Waals surface area contributed by atoms with Gasteiger partial charge in [0.2, 0.25) is 0 Å². The summed E-state index contributed by atoms with van der Waals surface area (Å²) in [6, 6.07) is 0. The van der Waals surface area contributed by atoms with Gasteiger partial charge in [-0.1, -0.05) is 0 Å². The lowest BCUT2D eigenvalue weighted by atomic mass is 10.7. The SMILES string of the molecule is FC(F)(F)C(F)(F)[Si]. The maximum absolute atomic E-state index is 11.0. The number of halogens is 5. The van der Waals surface area contributed by atoms with Gasteiger partial charge < -0.3 is 0 Å². The minimum Gasteiger partial charge on any atom is -0.203 e. The van der Waals surface area contributed by atoms with Gasteiger partial charge >= 0.3 is 11.7 Å². The van der Waals surface area contributed by atoms with E-state index in [-0.39, 0.29) is 0 Å². The molecule has 0 saturated heterocycles. The van der Waals surface area contributed by atoms with Gasteiger partial charge in [0.1, 0.15) is 10.2 Å². The maximum Gasteiger partial charge on any atom is 0.447 e. The Hall–Kier alpha value is -0.133. The molecule has 0 rings (SSSR count). The standard InChI is InChI=1S/C2F5Si/c3-1(4,5)2(6,7)8. The average Bonchev–Trinajstić information content (AvgIpc) is 1.25. The van der Waals surface area contributed by atoms with E-state index in [0.29, 0.717) is 0 Å². The molecule has 0 bridgehead atoms. The van der Waals surface area contributed by atoms with Gasteiger partial charge in [-0.2, -0.15) is 13.2 Å². The predicted octanol–water partition coefficient (Wildman–Crippen LogP) is 1.31. The van der Waals surface area contributed by atoms with Crippen LogP contribution in [0, 0.1) is 0 Å². The van der Waals surface area contributed by atoms with E-state index < -0.39 is 11.7 Å². The molecule has 0 aromatic heterocycles. The smallest absolute Gasteiger partial charge is 0.203 e. The zero-order chi connectivity index (χ0) is 7.00. The summed E-state index contributed by atoms with van der Waals surface area (Å²) in [5.41, 5.74) is -4.76. The molecule has 0 N–H and O–H groups in total. The summed E-state index contributed by atoms with van der Waals surface area (Å²) >= 11 is 0. The van der Waals surface area contributed by atoms with Crippen LogP contribution in [0.15, 0.2) is 0 Å². The zero-order valence-corrected chi connectivity index (χ0v) is 4.39. The lowest BCUT2D eigenvalue weighted by molar-refractivity contribution is -0.242. The van der Waals surface area contributed by atoms with Gasteiger partial charge in [0.15, 0.2) is 0 Å². The summed E-state index contributed by atoms with van der Waals surface area (Å²) in [6.45, 7) is 0. The van der Waals surface area contributed by atoms with Crippen LogP contribution in [0.3, 0.4) is 0 Å². The van der Waals surface area contributed by atoms with Crippen LogP contribution in [0.4, 0.5) is 22.0 Å². The molecule has 0 unspecified atom stereocenters. The molecule has 0 amide bonds. The topological polar surface area (TPSA) is 0 Å². The molecular formula is C2F5Si. The van der Waals surface area contributed by atoms with Crippen LogP contribution in [0.5, 0.6) is 0 Å². The van der Waals surface area contributed by atoms with E-state index in [1.54, 1.807) is 0 Å². The van der Waals surface area contributed by atoms with E-state index in [1.165, 1.54) is 10.2 Å². The summed E-state index contributed by atoms with van der Waals surface area (Å²) in [6.07, 6.45) is -5.48. The number of hydrogen-bond donors (Lipinski definition) is 0. The van der Waals surface area contributed by atoms with Crippen molar-refractivity contribution in [2.45, 2.75) is 11.7 Å². The first-order valence-corrected chi connectivity index (χ1v) is 1.94. The van der Waals surface area contributed by atoms with E-state index in [9.17, 15) is 22.0 Å². The van der Waals surface area contributed by atoms with E-state index >= 15 is 0 Å². The Morgan fingerprint density at radius 3 is 1.00 bits per heavy atom. The third-order valence-electron chi connectivity index (χ3n) is 0.356. The number of alkyl halides is 5. The average molecular weight is 147 g/mol. The van der Waals surface area contributed by atoms with Crippen molar-refractivity contribution in [3.8, 4) is 0 Å². The van der Waals surface area contributed by atoms with Gasteiger partial charge in [-0.3, -0.25) is 0 Å². The van der Waals surface area contributed by atoms with Crippen molar-refractivity contribution >= 4 is 10.2 Å². The van der Waals surface area contributed by atoms with Crippen molar-refractivity contribution in [1.82, 2.24) is 0 Å². The molecule has 0 nitrogen and oxygen atoms in total. The molecule has 0 saturated carbocycles. The predicted molar refractivity (Wildman–Crippen MR) is 16.8 cm³/mol. The summed E-state index contributed by atoms with van der Waals surface area (Å²) in [5, 5.41) is 0. The van der Waals surface area contributed by atoms with Crippen molar-refractivity contribution in [2.24, 2.45) is 0 Å². The zero-order valence-electron chi connectivity index (χ0n) is 3.39. The molecule has 47 valence electrons. The first kappa shape index (κ1) is 7.87. The second-order valence-electron chi connectivity index (χ2n) is 1.07. The molecule has 0 spiro atoms. The van der Waals surface area contributed by atoms with Crippen molar-refractivity contribution in [2.75, 3.05) is 0 Å². The van der Waals surface area contributed by atoms with E-state index in [2.05, 4.69) is 0 Å². The molecule has 0 aliphatic rings. The van der Waals surface area contributed by atoms with Crippen LogP contribution in [-0.4, -0.2) is 22.0 Å². The highest BCUT2D eigenvalue weighted by Gasteiger charge is 2.52. The van der Waals surface area contributed by atoms with Gasteiger partial charge in [-0.05, 0) is 0 Å². The number of rotatable bonds is 0. The Morgan fingerprint density at radius 1 is 0.875 bits per heavy atom. The summed E-state index contributed by atoms with van der Waals surface area (Å²) in [4.78, 5) is 0. The Morgan fingerprint density at radius 2 is 1.00 bits per heavy atom. The molecule has 0 aromatic rings. The molecular weight excluding hydrogens is 147 g/mol. The third-order valence-corrected chi connectivity index (χ3v) is 0.639. The van der Waals surface area contributed by atoms with E-state index in [1.807, 2.05) is 0 Å². The lowest BCUT2D eigenvalue weighted by Crippen LogP contribution is -2.36. The summed E-state index contributed by atoms with van der Waals surface area (Å²) < 4.78 is 54.3. The minimum atomic E-state index is -5.48. The molecule has 6 heteroatoms. The Labute approximate surface area is 45.1 Å². The van der Waals surface area contributed by atoms with Crippen LogP contribution in [0.25, 0.3) is 0 Å². The first-order chi connectivity index (χ1) is 3.25. The van der Waals surface area contributed by atoms with Crippen molar-refractivity contribution < 1.29 is 22.0 Å². The van der Waals surface area contributed by atoms with Crippen LogP contribution >= 0.6 is 0 Å². The Balaban J connectivity index is 4.02. The highest BCUT2D eigenvalue weighted by Crippen LogP contribution is 2.31. The highest BCUT2D eigenvalue weighted by atomic mass is 28.1. The molecule has 0 aliphatic carbocycles. The van der Waals surface area contributed by atoms with Crippen molar-refractivity contribution in [3.05, 3.63) is 0 Å². The highest BCUT2D eigenvalue weighted by molar-refractivity contribution is 6.13. The van der Waals surface area contributed by atoms with Crippen LogP contribution < -0.4 is 0 Å². The molecule has 0 heterocycles. The molecule has 3 radical (unpaired) electrons. The third kappa shape index (κ3) is 1.77. The fourth-order valence-electron chi connectivity index (χ4n) is 0. The molecule has 0 atom stereocenters. The van der Waals surface area contributed by atoms with E-state index in [4.69, 9.17) is 0 Å².